The average molecular weight is 225 g/mol. The number of ether oxygens (including phenoxy) is 1. The van der Waals surface area contributed by atoms with Crippen molar-refractivity contribution in [2.45, 2.75) is 31.4 Å². The zero-order valence-electron chi connectivity index (χ0n) is 9.06. The Labute approximate surface area is 92.8 Å². The first-order valence-corrected chi connectivity index (χ1v) is 5.22. The van der Waals surface area contributed by atoms with Crippen LogP contribution in [0.4, 0.5) is 5.95 Å². The first kappa shape index (κ1) is 10.9. The number of nitrogens with zero attached hydrogens (tertiary/aromatic N) is 2. The highest BCUT2D eigenvalue weighted by Crippen LogP contribution is 2.21. The van der Waals surface area contributed by atoms with E-state index in [9.17, 15) is 4.79 Å². The molecule has 1 aliphatic rings. The first-order valence-electron chi connectivity index (χ1n) is 5.22. The van der Waals surface area contributed by atoms with Gasteiger partial charge in [-0.1, -0.05) is 0 Å². The number of amides is 1. The van der Waals surface area contributed by atoms with E-state index in [0.29, 0.717) is 0 Å². The molecule has 1 amide bonds. The Morgan fingerprint density at radius 3 is 3.06 bits per heavy atom. The van der Waals surface area contributed by atoms with Crippen LogP contribution in [-0.4, -0.2) is 40.3 Å². The van der Waals surface area contributed by atoms with Crippen molar-refractivity contribution in [3.8, 4) is 0 Å². The van der Waals surface area contributed by atoms with Crippen molar-refractivity contribution < 1.29 is 9.53 Å². The summed E-state index contributed by atoms with van der Waals surface area (Å²) in [6.07, 6.45) is 3.04. The Morgan fingerprint density at radius 1 is 1.62 bits per heavy atom. The molecule has 1 aromatic heterocycles. The van der Waals surface area contributed by atoms with E-state index in [1.165, 1.54) is 0 Å². The van der Waals surface area contributed by atoms with Crippen molar-refractivity contribution in [1.82, 2.24) is 20.5 Å². The van der Waals surface area contributed by atoms with Gasteiger partial charge in [0.2, 0.25) is 11.8 Å². The van der Waals surface area contributed by atoms with Crippen molar-refractivity contribution >= 4 is 11.9 Å². The molecule has 0 saturated heterocycles. The predicted octanol–water partition coefficient (Wildman–Crippen LogP) is -0.316. The van der Waals surface area contributed by atoms with Crippen molar-refractivity contribution in [2.75, 3.05) is 12.8 Å². The number of nitrogen functional groups attached to an aromatic ring is 1. The van der Waals surface area contributed by atoms with Crippen LogP contribution in [0.15, 0.2) is 0 Å². The highest BCUT2D eigenvalue weighted by Gasteiger charge is 2.29. The highest BCUT2D eigenvalue weighted by atomic mass is 16.5. The molecule has 7 heteroatoms. The van der Waals surface area contributed by atoms with E-state index >= 15 is 0 Å². The lowest BCUT2D eigenvalue weighted by Gasteiger charge is -2.18. The Hall–Kier alpha value is -1.63. The zero-order chi connectivity index (χ0) is 11.5. The number of carbonyl (C=O) groups is 1. The molecular weight excluding hydrogens is 210 g/mol. The third-order valence-electron chi connectivity index (χ3n) is 2.79. The number of H-pyrrole nitrogens is 1. The van der Waals surface area contributed by atoms with Gasteiger partial charge >= 0.3 is 0 Å². The molecule has 7 nitrogen and oxygen atoms in total. The Balaban J connectivity index is 1.97. The normalized spacial score (nSPS) is 24.6. The number of nitrogens with one attached hydrogen (secondary N) is 2. The molecule has 1 aromatic rings. The summed E-state index contributed by atoms with van der Waals surface area (Å²) >= 11 is 0. The van der Waals surface area contributed by atoms with E-state index in [0.717, 1.165) is 19.3 Å². The maximum Gasteiger partial charge on any atom is 0.288 e. The number of anilines is 1. The molecule has 16 heavy (non-hydrogen) atoms. The van der Waals surface area contributed by atoms with Gasteiger partial charge in [-0.3, -0.25) is 9.89 Å². The summed E-state index contributed by atoms with van der Waals surface area (Å²) in [7, 11) is 1.65. The van der Waals surface area contributed by atoms with Crippen LogP contribution in [-0.2, 0) is 4.74 Å². The molecule has 0 spiro atoms. The maximum absolute atomic E-state index is 11.7. The summed E-state index contributed by atoms with van der Waals surface area (Å²) in [5.41, 5.74) is 5.32. The van der Waals surface area contributed by atoms with Gasteiger partial charge < -0.3 is 15.8 Å². The minimum absolute atomic E-state index is 0.0452. The summed E-state index contributed by atoms with van der Waals surface area (Å²) in [4.78, 5) is 15.5. The van der Waals surface area contributed by atoms with Crippen molar-refractivity contribution in [3.05, 3.63) is 5.82 Å². The molecule has 0 aromatic carbocycles. The Morgan fingerprint density at radius 2 is 2.44 bits per heavy atom. The fraction of sp³-hybridized carbons (Fsp3) is 0.667. The lowest BCUT2D eigenvalue weighted by atomic mass is 10.2. The number of hydrogen-bond acceptors (Lipinski definition) is 5. The van der Waals surface area contributed by atoms with Gasteiger partial charge in [0.15, 0.2) is 0 Å². The van der Waals surface area contributed by atoms with Gasteiger partial charge in [-0.15, -0.1) is 5.10 Å². The molecule has 0 aliphatic heterocycles. The standard InChI is InChI=1S/C9H15N5O2/c1-16-6-4-2-3-5(6)11-8(15)7-12-9(10)14-13-7/h5-6H,2-4H2,1H3,(H,11,15)(H3,10,12,13,14). The number of methoxy groups -OCH3 is 1. The molecule has 2 unspecified atom stereocenters. The quantitative estimate of drug-likeness (QED) is 0.654. The number of hydrogen-bond donors (Lipinski definition) is 3. The van der Waals surface area contributed by atoms with E-state index in [1.807, 2.05) is 0 Å². The molecule has 1 saturated carbocycles. The summed E-state index contributed by atoms with van der Waals surface area (Å²) in [6.45, 7) is 0. The monoisotopic (exact) mass is 225 g/mol. The minimum atomic E-state index is -0.293. The SMILES string of the molecule is COC1CCCC1NC(=O)c1nc(N)n[nH]1. The highest BCUT2D eigenvalue weighted by molar-refractivity contribution is 5.90. The Bertz CT molecular complexity index is 378. The van der Waals surface area contributed by atoms with Gasteiger partial charge in [-0.25, -0.2) is 0 Å². The van der Waals surface area contributed by atoms with Crippen molar-refractivity contribution in [3.63, 3.8) is 0 Å². The fourth-order valence-corrected chi connectivity index (χ4v) is 1.99. The van der Waals surface area contributed by atoms with Gasteiger partial charge in [0.1, 0.15) is 0 Å². The van der Waals surface area contributed by atoms with Crippen LogP contribution < -0.4 is 11.1 Å². The Kier molecular flexibility index (Phi) is 3.04. The van der Waals surface area contributed by atoms with Crippen LogP contribution in [0.25, 0.3) is 0 Å². The van der Waals surface area contributed by atoms with Gasteiger partial charge in [-0.05, 0) is 19.3 Å². The number of aromatic amines is 1. The van der Waals surface area contributed by atoms with E-state index in [-0.39, 0.29) is 29.8 Å². The predicted molar refractivity (Wildman–Crippen MR) is 56.7 cm³/mol. The lowest BCUT2D eigenvalue weighted by Crippen LogP contribution is -2.41. The van der Waals surface area contributed by atoms with Crippen molar-refractivity contribution in [2.24, 2.45) is 0 Å². The molecule has 2 atom stereocenters. The molecule has 0 bridgehead atoms. The molecule has 4 N–H and O–H groups in total. The van der Waals surface area contributed by atoms with Gasteiger partial charge in [0, 0.05) is 7.11 Å². The van der Waals surface area contributed by atoms with Gasteiger partial charge in [0.05, 0.1) is 12.1 Å². The maximum atomic E-state index is 11.7. The fourth-order valence-electron chi connectivity index (χ4n) is 1.99. The number of nitrogens with two attached hydrogens (primary N) is 1. The molecular formula is C9H15N5O2. The third-order valence-corrected chi connectivity index (χ3v) is 2.79. The topological polar surface area (TPSA) is 106 Å². The van der Waals surface area contributed by atoms with Gasteiger partial charge in [0.25, 0.3) is 5.91 Å². The van der Waals surface area contributed by atoms with Crippen LogP contribution in [0.5, 0.6) is 0 Å². The second kappa shape index (κ2) is 4.48. The second-order valence-corrected chi connectivity index (χ2v) is 3.83. The molecule has 1 fully saturated rings. The number of carbonyl (C=O) groups excluding carboxylic acids is 1. The molecule has 0 radical (unpaired) electrons. The van der Waals surface area contributed by atoms with Gasteiger partial charge in [-0.2, -0.15) is 4.98 Å². The first-order chi connectivity index (χ1) is 7.70. The van der Waals surface area contributed by atoms with Crippen LogP contribution in [0.2, 0.25) is 0 Å². The molecule has 1 aliphatic carbocycles. The largest absolute Gasteiger partial charge is 0.379 e. The van der Waals surface area contributed by atoms with Crippen molar-refractivity contribution in [1.29, 1.82) is 0 Å². The van der Waals surface area contributed by atoms with E-state index < -0.39 is 0 Å². The summed E-state index contributed by atoms with van der Waals surface area (Å²) in [5.74, 6) is -0.0859. The summed E-state index contributed by atoms with van der Waals surface area (Å²) in [6, 6.07) is 0.0452. The van der Waals surface area contributed by atoms with Crippen LogP contribution >= 0.6 is 0 Å². The number of aromatic nitrogens is 3. The molecule has 1 heterocycles. The van der Waals surface area contributed by atoms with Crippen LogP contribution in [0, 0.1) is 0 Å². The average Bonchev–Trinajstić information content (AvgIpc) is 2.86. The smallest absolute Gasteiger partial charge is 0.288 e. The van der Waals surface area contributed by atoms with E-state index in [2.05, 4.69) is 20.5 Å². The molecule has 88 valence electrons. The second-order valence-electron chi connectivity index (χ2n) is 3.83. The molecule has 2 rings (SSSR count). The third kappa shape index (κ3) is 2.13. The summed E-state index contributed by atoms with van der Waals surface area (Å²) < 4.78 is 5.28. The number of rotatable bonds is 3. The lowest BCUT2D eigenvalue weighted by molar-refractivity contribution is 0.0716. The zero-order valence-corrected chi connectivity index (χ0v) is 9.06. The summed E-state index contributed by atoms with van der Waals surface area (Å²) in [5, 5.41) is 8.93. The minimum Gasteiger partial charge on any atom is -0.379 e. The van der Waals surface area contributed by atoms with Crippen LogP contribution in [0.1, 0.15) is 29.9 Å². The van der Waals surface area contributed by atoms with E-state index in [1.54, 1.807) is 7.11 Å². The van der Waals surface area contributed by atoms with Crippen LogP contribution in [0.3, 0.4) is 0 Å². The van der Waals surface area contributed by atoms with E-state index in [4.69, 9.17) is 10.5 Å².